The fraction of sp³-hybridized carbons (Fsp3) is 0.214. The zero-order chi connectivity index (χ0) is 12.5. The van der Waals surface area contributed by atoms with Crippen LogP contribution < -0.4 is 0 Å². The fourth-order valence-corrected chi connectivity index (χ4v) is 2.75. The van der Waals surface area contributed by atoms with E-state index in [4.69, 9.17) is 5.11 Å². The van der Waals surface area contributed by atoms with Crippen molar-refractivity contribution in [3.63, 3.8) is 0 Å². The molecular weight excluding hydrogens is 244 g/mol. The summed E-state index contributed by atoms with van der Waals surface area (Å²) in [7, 11) is 0. The SMILES string of the molecule is Cc1nc(Cn2ccc3cc(CO)ccc32)cs1. The van der Waals surface area contributed by atoms with Gasteiger partial charge in [-0.1, -0.05) is 6.07 Å². The summed E-state index contributed by atoms with van der Waals surface area (Å²) in [6.45, 7) is 2.91. The Balaban J connectivity index is 1.97. The molecule has 0 saturated heterocycles. The van der Waals surface area contributed by atoms with Crippen LogP contribution in [0.25, 0.3) is 10.9 Å². The number of aliphatic hydroxyl groups excluding tert-OH is 1. The molecule has 0 aliphatic heterocycles. The number of aliphatic hydroxyl groups is 1. The second-order valence-electron chi connectivity index (χ2n) is 4.35. The van der Waals surface area contributed by atoms with Crippen molar-refractivity contribution in [3.8, 4) is 0 Å². The number of benzene rings is 1. The number of hydrogen-bond donors (Lipinski definition) is 1. The quantitative estimate of drug-likeness (QED) is 0.784. The smallest absolute Gasteiger partial charge is 0.0898 e. The first kappa shape index (κ1) is 11.4. The first-order chi connectivity index (χ1) is 8.76. The topological polar surface area (TPSA) is 38.0 Å². The third-order valence-electron chi connectivity index (χ3n) is 3.02. The Bertz CT molecular complexity index is 684. The average molecular weight is 258 g/mol. The van der Waals surface area contributed by atoms with Gasteiger partial charge in [-0.15, -0.1) is 11.3 Å². The van der Waals surface area contributed by atoms with Crippen LogP contribution in [-0.2, 0) is 13.2 Å². The number of aryl methyl sites for hydroxylation is 1. The summed E-state index contributed by atoms with van der Waals surface area (Å²) < 4.78 is 2.19. The van der Waals surface area contributed by atoms with E-state index in [9.17, 15) is 0 Å². The first-order valence-corrected chi connectivity index (χ1v) is 6.74. The third-order valence-corrected chi connectivity index (χ3v) is 3.84. The lowest BCUT2D eigenvalue weighted by molar-refractivity contribution is 0.282. The van der Waals surface area contributed by atoms with Crippen LogP contribution in [0.2, 0.25) is 0 Å². The number of fused-ring (bicyclic) bond motifs is 1. The molecule has 0 aliphatic carbocycles. The maximum Gasteiger partial charge on any atom is 0.0898 e. The van der Waals surface area contributed by atoms with Crippen molar-refractivity contribution in [3.05, 3.63) is 52.1 Å². The molecule has 0 spiro atoms. The van der Waals surface area contributed by atoms with Crippen molar-refractivity contribution in [1.82, 2.24) is 9.55 Å². The number of aromatic nitrogens is 2. The number of rotatable bonds is 3. The highest BCUT2D eigenvalue weighted by Crippen LogP contribution is 2.19. The number of thiazole rings is 1. The van der Waals surface area contributed by atoms with Crippen LogP contribution in [0, 0.1) is 6.92 Å². The van der Waals surface area contributed by atoms with E-state index >= 15 is 0 Å². The van der Waals surface area contributed by atoms with Gasteiger partial charge in [0.1, 0.15) is 0 Å². The van der Waals surface area contributed by atoms with Crippen LogP contribution in [0.15, 0.2) is 35.8 Å². The molecule has 0 fully saturated rings. The minimum Gasteiger partial charge on any atom is -0.392 e. The van der Waals surface area contributed by atoms with E-state index in [1.54, 1.807) is 11.3 Å². The number of hydrogen-bond acceptors (Lipinski definition) is 3. The van der Waals surface area contributed by atoms with Gasteiger partial charge in [-0.25, -0.2) is 4.98 Å². The minimum absolute atomic E-state index is 0.0897. The van der Waals surface area contributed by atoms with Crippen molar-refractivity contribution < 1.29 is 5.11 Å². The van der Waals surface area contributed by atoms with Crippen molar-refractivity contribution in [2.24, 2.45) is 0 Å². The molecule has 0 saturated carbocycles. The van der Waals surface area contributed by atoms with Gasteiger partial charge in [0.05, 0.1) is 23.9 Å². The summed E-state index contributed by atoms with van der Waals surface area (Å²) in [6.07, 6.45) is 2.07. The van der Waals surface area contributed by atoms with E-state index in [1.165, 1.54) is 5.52 Å². The van der Waals surface area contributed by atoms with E-state index in [0.717, 1.165) is 28.2 Å². The molecule has 0 amide bonds. The second kappa shape index (κ2) is 4.55. The summed E-state index contributed by atoms with van der Waals surface area (Å²) in [5.74, 6) is 0. The molecule has 3 aromatic rings. The van der Waals surface area contributed by atoms with Crippen molar-refractivity contribution in [2.75, 3.05) is 0 Å². The molecule has 18 heavy (non-hydrogen) atoms. The summed E-state index contributed by atoms with van der Waals surface area (Å²) in [6, 6.07) is 8.12. The summed E-state index contributed by atoms with van der Waals surface area (Å²) >= 11 is 1.68. The van der Waals surface area contributed by atoms with Gasteiger partial charge in [0.2, 0.25) is 0 Å². The maximum absolute atomic E-state index is 9.13. The van der Waals surface area contributed by atoms with E-state index in [0.29, 0.717) is 0 Å². The van der Waals surface area contributed by atoms with Gasteiger partial charge in [-0.2, -0.15) is 0 Å². The highest BCUT2D eigenvalue weighted by molar-refractivity contribution is 7.09. The van der Waals surface area contributed by atoms with Crippen LogP contribution >= 0.6 is 11.3 Å². The highest BCUT2D eigenvalue weighted by atomic mass is 32.1. The highest BCUT2D eigenvalue weighted by Gasteiger charge is 2.04. The molecule has 0 unspecified atom stereocenters. The molecule has 1 N–H and O–H groups in total. The third kappa shape index (κ3) is 2.05. The predicted molar refractivity (Wildman–Crippen MR) is 73.8 cm³/mol. The van der Waals surface area contributed by atoms with Gasteiger partial charge in [0.15, 0.2) is 0 Å². The number of nitrogens with zero attached hydrogens (tertiary/aromatic N) is 2. The van der Waals surface area contributed by atoms with Crippen LogP contribution in [0.1, 0.15) is 16.3 Å². The monoisotopic (exact) mass is 258 g/mol. The predicted octanol–water partition coefficient (Wildman–Crippen LogP) is 2.95. The van der Waals surface area contributed by atoms with Gasteiger partial charge in [-0.3, -0.25) is 0 Å². The molecule has 3 rings (SSSR count). The largest absolute Gasteiger partial charge is 0.392 e. The van der Waals surface area contributed by atoms with E-state index in [-0.39, 0.29) is 6.61 Å². The maximum atomic E-state index is 9.13. The first-order valence-electron chi connectivity index (χ1n) is 5.86. The summed E-state index contributed by atoms with van der Waals surface area (Å²) in [5, 5.41) is 13.5. The lowest BCUT2D eigenvalue weighted by Gasteiger charge is -2.03. The van der Waals surface area contributed by atoms with E-state index in [2.05, 4.69) is 33.3 Å². The Morgan fingerprint density at radius 3 is 2.94 bits per heavy atom. The Labute approximate surface area is 109 Å². The van der Waals surface area contributed by atoms with Crippen molar-refractivity contribution in [2.45, 2.75) is 20.1 Å². The fourth-order valence-electron chi connectivity index (χ4n) is 2.14. The van der Waals surface area contributed by atoms with Gasteiger partial charge in [-0.05, 0) is 36.1 Å². The lowest BCUT2D eigenvalue weighted by atomic mass is 10.2. The van der Waals surface area contributed by atoms with E-state index in [1.807, 2.05) is 19.1 Å². The lowest BCUT2D eigenvalue weighted by Crippen LogP contribution is -1.98. The van der Waals surface area contributed by atoms with Gasteiger partial charge in [0.25, 0.3) is 0 Å². The molecule has 4 heteroatoms. The molecular formula is C14H14N2OS. The van der Waals surface area contributed by atoms with Gasteiger partial charge in [0, 0.05) is 17.1 Å². The van der Waals surface area contributed by atoms with Crippen LogP contribution in [0.3, 0.4) is 0 Å². The summed E-state index contributed by atoms with van der Waals surface area (Å²) in [4.78, 5) is 4.48. The molecule has 2 aromatic heterocycles. The Hall–Kier alpha value is -1.65. The van der Waals surface area contributed by atoms with E-state index < -0.39 is 0 Å². The molecule has 0 bridgehead atoms. The van der Waals surface area contributed by atoms with Crippen LogP contribution in [0.5, 0.6) is 0 Å². The molecule has 1 aromatic carbocycles. The zero-order valence-electron chi connectivity index (χ0n) is 10.1. The molecule has 3 nitrogen and oxygen atoms in total. The normalized spacial score (nSPS) is 11.2. The van der Waals surface area contributed by atoms with Crippen molar-refractivity contribution in [1.29, 1.82) is 0 Å². The molecule has 92 valence electrons. The minimum atomic E-state index is 0.0897. The standard InChI is InChI=1S/C14H14N2OS/c1-10-15-13(9-18-10)7-16-5-4-12-6-11(8-17)2-3-14(12)16/h2-6,9,17H,7-8H2,1H3. The Kier molecular flexibility index (Phi) is 2.89. The zero-order valence-corrected chi connectivity index (χ0v) is 10.9. The summed E-state index contributed by atoms with van der Waals surface area (Å²) in [5.41, 5.74) is 3.23. The molecule has 0 atom stereocenters. The second-order valence-corrected chi connectivity index (χ2v) is 5.42. The average Bonchev–Trinajstić information content (AvgIpc) is 2.96. The molecule has 2 heterocycles. The van der Waals surface area contributed by atoms with Crippen LogP contribution in [0.4, 0.5) is 0 Å². The molecule has 0 radical (unpaired) electrons. The van der Waals surface area contributed by atoms with Crippen LogP contribution in [-0.4, -0.2) is 14.7 Å². The van der Waals surface area contributed by atoms with Crippen molar-refractivity contribution >= 4 is 22.2 Å². The molecule has 0 aliphatic rings. The van der Waals surface area contributed by atoms with Gasteiger partial charge < -0.3 is 9.67 Å². The van der Waals surface area contributed by atoms with Gasteiger partial charge >= 0.3 is 0 Å². The Morgan fingerprint density at radius 1 is 1.33 bits per heavy atom. The Morgan fingerprint density at radius 2 is 2.22 bits per heavy atom.